The van der Waals surface area contributed by atoms with Crippen molar-refractivity contribution >= 4 is 39.8 Å². The van der Waals surface area contributed by atoms with Crippen LogP contribution in [-0.4, -0.2) is 99.5 Å². The van der Waals surface area contributed by atoms with E-state index < -0.39 is 96.2 Å². The number of fused-ring (bicyclic) bond motifs is 2. The first-order valence-electron chi connectivity index (χ1n) is 20.9. The minimum absolute atomic E-state index is 0. The summed E-state index contributed by atoms with van der Waals surface area (Å²) in [5, 5.41) is 18.2. The highest BCUT2D eigenvalue weighted by molar-refractivity contribution is 9.10. The molecule has 0 bridgehead atoms. The second-order valence-electron chi connectivity index (χ2n) is 17.0. The summed E-state index contributed by atoms with van der Waals surface area (Å²) in [5.74, 6) is -5.07. The monoisotopic (exact) mass is 1100 g/mol. The lowest BCUT2D eigenvalue weighted by Crippen LogP contribution is -2.41. The normalized spacial score (nSPS) is 17.5. The summed E-state index contributed by atoms with van der Waals surface area (Å²) in [4.78, 5) is 7.16. The number of nitrogens with zero attached hydrogens (tertiary/aromatic N) is 9. The topological polar surface area (TPSA) is 154 Å². The number of ether oxygens (including phenoxy) is 4. The molecule has 0 unspecified atom stereocenters. The highest BCUT2D eigenvalue weighted by atomic mass is 79.9. The number of hydrogen-bond donors (Lipinski definition) is 0. The van der Waals surface area contributed by atoms with E-state index in [-0.39, 0.29) is 43.3 Å². The predicted octanol–water partition coefficient (Wildman–Crippen LogP) is 10.7. The minimum Gasteiger partial charge on any atom is -0.463 e. The lowest BCUT2D eigenvalue weighted by molar-refractivity contribution is -0.262. The molecule has 3 fully saturated rings. The molecule has 2 aliphatic carbocycles. The molecule has 394 valence electrons. The van der Waals surface area contributed by atoms with Crippen molar-refractivity contribution in [3.8, 4) is 23.0 Å². The molecule has 0 radical (unpaired) electrons. The lowest BCUT2D eigenvalue weighted by Gasteiger charge is -2.32. The van der Waals surface area contributed by atoms with E-state index in [1.165, 1.54) is 28.9 Å². The highest BCUT2D eigenvalue weighted by Gasteiger charge is 2.52. The van der Waals surface area contributed by atoms with Gasteiger partial charge in [0, 0.05) is 34.1 Å². The van der Waals surface area contributed by atoms with Crippen LogP contribution >= 0.6 is 15.9 Å². The Morgan fingerprint density at radius 2 is 1.14 bits per heavy atom. The van der Waals surface area contributed by atoms with Gasteiger partial charge in [0.2, 0.25) is 5.82 Å². The molecular formula is C43H47BBrF12N9O6. The number of alkyl halides is 10. The van der Waals surface area contributed by atoms with Crippen LogP contribution in [0.2, 0.25) is 0 Å². The third kappa shape index (κ3) is 13.4. The van der Waals surface area contributed by atoms with Crippen molar-refractivity contribution < 1.29 is 80.9 Å². The van der Waals surface area contributed by atoms with E-state index in [9.17, 15) is 52.7 Å². The van der Waals surface area contributed by atoms with Crippen LogP contribution in [0.3, 0.4) is 0 Å². The van der Waals surface area contributed by atoms with E-state index in [4.69, 9.17) is 9.31 Å². The molecule has 29 heteroatoms. The smallest absolute Gasteiger partial charge is 0.463 e. The summed E-state index contributed by atoms with van der Waals surface area (Å²) in [5.41, 5.74) is -0.571. The van der Waals surface area contributed by atoms with Crippen LogP contribution < -0.4 is 14.9 Å². The molecule has 7 heterocycles. The van der Waals surface area contributed by atoms with Gasteiger partial charge in [-0.05, 0) is 120 Å². The maximum atomic E-state index is 14.3. The fourth-order valence-corrected chi connectivity index (χ4v) is 6.18. The molecule has 2 saturated carbocycles. The van der Waals surface area contributed by atoms with Gasteiger partial charge in [-0.2, -0.15) is 53.5 Å². The molecule has 1 saturated heterocycles. The first-order chi connectivity index (χ1) is 32.4. The molecule has 0 N–H and O–H groups in total. The molecular weight excluding hydrogens is 1060 g/mol. The fraction of sp³-hybridized carbons (Fsp3) is 0.512. The van der Waals surface area contributed by atoms with Crippen molar-refractivity contribution in [2.75, 3.05) is 0 Å². The molecule has 3 aliphatic rings. The van der Waals surface area contributed by atoms with E-state index in [0.717, 1.165) is 29.8 Å². The Hall–Kier alpha value is -5.39. The molecule has 15 nitrogen and oxygen atoms in total. The van der Waals surface area contributed by atoms with Gasteiger partial charge in [0.1, 0.15) is 0 Å². The molecule has 2 atom stereocenters. The van der Waals surface area contributed by atoms with Gasteiger partial charge < -0.3 is 28.3 Å². The summed E-state index contributed by atoms with van der Waals surface area (Å²) in [7, 11) is -0.851. The Kier molecular flexibility index (Phi) is 17.0. The van der Waals surface area contributed by atoms with Crippen LogP contribution in [0.15, 0.2) is 59.5 Å². The average molecular weight is 1100 g/mol. The van der Waals surface area contributed by atoms with Crippen molar-refractivity contribution in [2.45, 2.75) is 142 Å². The third-order valence-corrected chi connectivity index (χ3v) is 11.3. The van der Waals surface area contributed by atoms with Gasteiger partial charge >= 0.3 is 31.7 Å². The summed E-state index contributed by atoms with van der Waals surface area (Å²) < 4.78 is 192. The van der Waals surface area contributed by atoms with Gasteiger partial charge in [-0.3, -0.25) is 4.40 Å². The Balaban J connectivity index is 0.000000205. The summed E-state index contributed by atoms with van der Waals surface area (Å²) >= 11 is 3.22. The third-order valence-electron chi connectivity index (χ3n) is 10.8. The molecule has 0 aromatic carbocycles. The van der Waals surface area contributed by atoms with Crippen molar-refractivity contribution in [2.24, 2.45) is 0 Å². The van der Waals surface area contributed by atoms with Crippen LogP contribution in [0.5, 0.6) is 11.8 Å². The predicted molar refractivity (Wildman–Crippen MR) is 236 cm³/mol. The summed E-state index contributed by atoms with van der Waals surface area (Å²) in [6.07, 6.45) is -15.7. The quantitative estimate of drug-likeness (QED) is 0.0844. The number of halogens is 13. The second-order valence-corrected chi connectivity index (χ2v) is 18.0. The lowest BCUT2D eigenvalue weighted by atomic mass is 9.80. The Morgan fingerprint density at radius 3 is 1.64 bits per heavy atom. The van der Waals surface area contributed by atoms with E-state index in [0.29, 0.717) is 42.7 Å². The molecule has 0 amide bonds. The van der Waals surface area contributed by atoms with Crippen molar-refractivity contribution in [3.05, 3.63) is 82.7 Å². The van der Waals surface area contributed by atoms with E-state index in [1.807, 2.05) is 27.7 Å². The fourth-order valence-electron chi connectivity index (χ4n) is 5.84. The first-order valence-corrected chi connectivity index (χ1v) is 21.7. The maximum Gasteiger partial charge on any atom is 0.496 e. The van der Waals surface area contributed by atoms with Gasteiger partial charge in [0.05, 0.1) is 29.1 Å². The van der Waals surface area contributed by atoms with Gasteiger partial charge in [0.25, 0.3) is 17.6 Å². The number of hydrogen-bond acceptors (Lipinski definition) is 13. The zero-order valence-corrected chi connectivity index (χ0v) is 38.9. The van der Waals surface area contributed by atoms with E-state index >= 15 is 0 Å². The van der Waals surface area contributed by atoms with Crippen LogP contribution in [0.25, 0.3) is 22.6 Å². The average Bonchev–Trinajstić information content (AvgIpc) is 4.14. The minimum atomic E-state index is -4.70. The van der Waals surface area contributed by atoms with Gasteiger partial charge in [-0.1, -0.05) is 14.9 Å². The molecule has 6 aromatic heterocycles. The van der Waals surface area contributed by atoms with E-state index in [2.05, 4.69) is 70.3 Å². The second kappa shape index (κ2) is 21.2. The molecule has 9 rings (SSSR count). The van der Waals surface area contributed by atoms with Gasteiger partial charge in [-0.25, -0.2) is 18.7 Å². The van der Waals surface area contributed by atoms with Gasteiger partial charge in [0.15, 0.2) is 35.1 Å². The Morgan fingerprint density at radius 1 is 0.667 bits per heavy atom. The van der Waals surface area contributed by atoms with Gasteiger partial charge in [-0.15, -0.1) is 20.4 Å². The number of aromatic nitrogens is 9. The zero-order valence-electron chi connectivity index (χ0n) is 37.3. The largest absolute Gasteiger partial charge is 0.496 e. The SMILES string of the molecule is C.C.C[C@@H](Oc1ncc(-c2ccc3nnc(C(F)(F)OC4CC4)n3n2)cc1F)C(F)(F)F.C[C@@H](Oc1ncc(B2OC(C)(C)C(C)(C)O2)cc1F)C(F)(F)F.FC(F)(OC1CC1)c1nnc2ccc(Br)cn12. The van der Waals surface area contributed by atoms with Crippen LogP contribution in [0.1, 0.15) is 93.7 Å². The summed E-state index contributed by atoms with van der Waals surface area (Å²) in [6, 6.07) is 7.83. The molecule has 72 heavy (non-hydrogen) atoms. The van der Waals surface area contributed by atoms with Crippen LogP contribution in [0.4, 0.5) is 52.7 Å². The molecule has 1 aliphatic heterocycles. The number of rotatable bonds is 12. The van der Waals surface area contributed by atoms with E-state index in [1.54, 1.807) is 12.1 Å². The Bertz CT molecular complexity index is 2810. The first kappa shape index (κ1) is 57.5. The molecule has 0 spiro atoms. The maximum absolute atomic E-state index is 14.3. The molecule has 6 aromatic rings. The standard InChI is InChI=1S/C17H13F6N5O2.C14H18BF4NO3.C10H8BrF2N3O.2CH4/c1-8(16(19,20)21)29-14-11(18)6-9(7-24-14)12-4-5-13-25-26-15(28(13)27-12)17(22,23)30-10-2-3-10;1-8(14(17,18)19)21-11-10(16)6-9(7-20-11)15-22-12(2,3)13(4,5)23-15;11-6-1-4-8-14-15-9(16(8)5-6)10(12,13)17-7-2-3-7;;/h4-8,10H,2-3H2,1H3;6-8H,1-5H3;1,4-5,7H,2-3H2;2*1H4/t2*8-;;;/m11.../s1. The van der Waals surface area contributed by atoms with Crippen molar-refractivity contribution in [3.63, 3.8) is 0 Å². The number of pyridine rings is 3. The highest BCUT2D eigenvalue weighted by Crippen LogP contribution is 2.39. The summed E-state index contributed by atoms with van der Waals surface area (Å²) in [6.45, 7) is 8.82. The van der Waals surface area contributed by atoms with Crippen LogP contribution in [0, 0.1) is 11.6 Å². The van der Waals surface area contributed by atoms with Crippen molar-refractivity contribution in [1.82, 2.24) is 44.4 Å². The van der Waals surface area contributed by atoms with Crippen molar-refractivity contribution in [1.29, 1.82) is 0 Å². The van der Waals surface area contributed by atoms with Crippen LogP contribution in [-0.2, 0) is 31.0 Å². The zero-order chi connectivity index (χ0) is 51.4. The Labute approximate surface area is 412 Å².